The van der Waals surface area contributed by atoms with Crippen molar-refractivity contribution in [1.29, 1.82) is 0 Å². The van der Waals surface area contributed by atoms with Gasteiger partial charge in [0, 0.05) is 11.1 Å². The lowest BCUT2D eigenvalue weighted by Crippen LogP contribution is -1.90. The van der Waals surface area contributed by atoms with Crippen LogP contribution in [0, 0.1) is 0 Å². The third-order valence-corrected chi connectivity index (χ3v) is 9.09. The Morgan fingerprint density at radius 2 is 0.733 bits per heavy atom. The number of fused-ring (bicyclic) bond motifs is 5. The van der Waals surface area contributed by atoms with Gasteiger partial charge in [0.15, 0.2) is 0 Å². The SMILES string of the molecule is c1ccc(-c2c3ccccc3c(-c3ccc(-c4ccc(-c5cc6ccccc6c6ccccc56)o4)cc3)c3ccccc23)cc1. The van der Waals surface area contributed by atoms with Gasteiger partial charge in [-0.2, -0.15) is 0 Å². The van der Waals surface area contributed by atoms with Crippen LogP contribution in [0.5, 0.6) is 0 Å². The molecule has 1 heteroatoms. The lowest BCUT2D eigenvalue weighted by molar-refractivity contribution is 0.598. The monoisotopic (exact) mass is 572 g/mol. The van der Waals surface area contributed by atoms with Gasteiger partial charge in [0.25, 0.3) is 0 Å². The maximum atomic E-state index is 6.56. The topological polar surface area (TPSA) is 13.1 Å². The summed E-state index contributed by atoms with van der Waals surface area (Å²) in [4.78, 5) is 0. The van der Waals surface area contributed by atoms with Crippen LogP contribution < -0.4 is 0 Å². The molecule has 0 spiro atoms. The summed E-state index contributed by atoms with van der Waals surface area (Å²) >= 11 is 0. The smallest absolute Gasteiger partial charge is 0.135 e. The molecule has 9 rings (SSSR count). The van der Waals surface area contributed by atoms with Crippen molar-refractivity contribution in [3.05, 3.63) is 170 Å². The summed E-state index contributed by atoms with van der Waals surface area (Å²) in [5.41, 5.74) is 7.15. The Morgan fingerprint density at radius 3 is 1.36 bits per heavy atom. The third-order valence-electron chi connectivity index (χ3n) is 9.09. The largest absolute Gasteiger partial charge is 0.456 e. The molecular weight excluding hydrogens is 544 g/mol. The Balaban J connectivity index is 1.16. The van der Waals surface area contributed by atoms with Crippen molar-refractivity contribution in [1.82, 2.24) is 0 Å². The van der Waals surface area contributed by atoms with E-state index in [1.54, 1.807) is 0 Å². The molecule has 0 fully saturated rings. The van der Waals surface area contributed by atoms with E-state index in [0.717, 1.165) is 22.6 Å². The molecule has 8 aromatic carbocycles. The van der Waals surface area contributed by atoms with Gasteiger partial charge in [-0.15, -0.1) is 0 Å². The summed E-state index contributed by atoms with van der Waals surface area (Å²) in [6, 6.07) is 60.8. The van der Waals surface area contributed by atoms with Crippen LogP contribution >= 0.6 is 0 Å². The maximum absolute atomic E-state index is 6.56. The zero-order valence-corrected chi connectivity index (χ0v) is 24.6. The van der Waals surface area contributed by atoms with Gasteiger partial charge in [-0.25, -0.2) is 0 Å². The summed E-state index contributed by atoms with van der Waals surface area (Å²) in [6.07, 6.45) is 0. The van der Waals surface area contributed by atoms with E-state index in [4.69, 9.17) is 4.42 Å². The summed E-state index contributed by atoms with van der Waals surface area (Å²) in [5.74, 6) is 1.74. The van der Waals surface area contributed by atoms with E-state index in [9.17, 15) is 0 Å². The van der Waals surface area contributed by atoms with Crippen molar-refractivity contribution < 1.29 is 4.42 Å². The molecule has 0 N–H and O–H groups in total. The van der Waals surface area contributed by atoms with E-state index in [1.165, 1.54) is 65.3 Å². The Hall–Kier alpha value is -5.92. The molecule has 0 aliphatic rings. The summed E-state index contributed by atoms with van der Waals surface area (Å²) < 4.78 is 6.56. The molecule has 45 heavy (non-hydrogen) atoms. The molecular formula is C44H28O. The summed E-state index contributed by atoms with van der Waals surface area (Å²) in [5, 5.41) is 9.95. The highest BCUT2D eigenvalue weighted by atomic mass is 16.3. The number of benzene rings is 8. The standard InChI is InChI=1S/C44H28O/c1-2-12-30(13-3-1)43-36-18-8-10-20-38(36)44(39-21-11-9-19-37(39)43)31-24-22-29(23-25-31)41-26-27-42(45-41)40-28-32-14-4-5-15-33(32)34-16-6-7-17-35(34)40/h1-28H. The van der Waals surface area contributed by atoms with Gasteiger partial charge < -0.3 is 4.42 Å². The minimum absolute atomic E-state index is 0.864. The minimum atomic E-state index is 0.864. The van der Waals surface area contributed by atoms with Gasteiger partial charge in [0.05, 0.1) is 0 Å². The van der Waals surface area contributed by atoms with Gasteiger partial charge >= 0.3 is 0 Å². The van der Waals surface area contributed by atoms with Crippen molar-refractivity contribution in [2.24, 2.45) is 0 Å². The maximum Gasteiger partial charge on any atom is 0.135 e. The highest BCUT2D eigenvalue weighted by molar-refractivity contribution is 6.21. The van der Waals surface area contributed by atoms with Gasteiger partial charge in [-0.05, 0) is 83.5 Å². The number of hydrogen-bond donors (Lipinski definition) is 0. The Labute approximate surface area is 261 Å². The molecule has 0 amide bonds. The molecule has 0 bridgehead atoms. The zero-order chi connectivity index (χ0) is 29.7. The average molecular weight is 573 g/mol. The van der Waals surface area contributed by atoms with Crippen molar-refractivity contribution in [3.63, 3.8) is 0 Å². The second-order valence-electron chi connectivity index (χ2n) is 11.6. The zero-order valence-electron chi connectivity index (χ0n) is 24.6. The van der Waals surface area contributed by atoms with Gasteiger partial charge in [0.2, 0.25) is 0 Å². The van der Waals surface area contributed by atoms with E-state index < -0.39 is 0 Å². The van der Waals surface area contributed by atoms with Crippen LogP contribution in [0.15, 0.2) is 174 Å². The van der Waals surface area contributed by atoms with Crippen LogP contribution in [0.4, 0.5) is 0 Å². The van der Waals surface area contributed by atoms with Gasteiger partial charge in [-0.1, -0.05) is 152 Å². The first kappa shape index (κ1) is 25.6. The minimum Gasteiger partial charge on any atom is -0.456 e. The number of rotatable bonds is 4. The number of furan rings is 1. The van der Waals surface area contributed by atoms with Crippen LogP contribution in [0.25, 0.3) is 88.0 Å². The number of hydrogen-bond acceptors (Lipinski definition) is 1. The van der Waals surface area contributed by atoms with E-state index in [-0.39, 0.29) is 0 Å². The molecule has 0 saturated heterocycles. The Bertz CT molecular complexity index is 2460. The quantitative estimate of drug-likeness (QED) is 0.151. The molecule has 1 aromatic heterocycles. The molecule has 210 valence electrons. The molecule has 1 nitrogen and oxygen atoms in total. The molecule has 1 heterocycles. The fourth-order valence-electron chi connectivity index (χ4n) is 7.05. The fourth-order valence-corrected chi connectivity index (χ4v) is 7.05. The van der Waals surface area contributed by atoms with Gasteiger partial charge in [-0.3, -0.25) is 0 Å². The molecule has 0 saturated carbocycles. The molecule has 0 atom stereocenters. The fraction of sp³-hybridized carbons (Fsp3) is 0. The normalized spacial score (nSPS) is 11.6. The Kier molecular flexibility index (Phi) is 5.89. The highest BCUT2D eigenvalue weighted by Gasteiger charge is 2.17. The summed E-state index contributed by atoms with van der Waals surface area (Å²) in [7, 11) is 0. The van der Waals surface area contributed by atoms with E-state index >= 15 is 0 Å². The van der Waals surface area contributed by atoms with Crippen LogP contribution in [-0.2, 0) is 0 Å². The Morgan fingerprint density at radius 1 is 0.289 bits per heavy atom. The summed E-state index contributed by atoms with van der Waals surface area (Å²) in [6.45, 7) is 0. The van der Waals surface area contributed by atoms with E-state index in [0.29, 0.717) is 0 Å². The lowest BCUT2D eigenvalue weighted by Gasteiger charge is -2.17. The first-order valence-corrected chi connectivity index (χ1v) is 15.4. The predicted octanol–water partition coefficient (Wildman–Crippen LogP) is 12.6. The first-order chi connectivity index (χ1) is 22.3. The van der Waals surface area contributed by atoms with Crippen LogP contribution in [0.3, 0.4) is 0 Å². The van der Waals surface area contributed by atoms with E-state index in [1.807, 2.05) is 0 Å². The van der Waals surface area contributed by atoms with Crippen LogP contribution in [0.2, 0.25) is 0 Å². The highest BCUT2D eigenvalue weighted by Crippen LogP contribution is 2.44. The predicted molar refractivity (Wildman–Crippen MR) is 190 cm³/mol. The molecule has 0 aliphatic heterocycles. The molecule has 0 aliphatic carbocycles. The third kappa shape index (κ3) is 4.17. The molecule has 9 aromatic rings. The average Bonchev–Trinajstić information content (AvgIpc) is 3.61. The van der Waals surface area contributed by atoms with Crippen molar-refractivity contribution in [2.75, 3.05) is 0 Å². The van der Waals surface area contributed by atoms with E-state index in [2.05, 4.69) is 170 Å². The van der Waals surface area contributed by atoms with Crippen LogP contribution in [0.1, 0.15) is 0 Å². The second-order valence-corrected chi connectivity index (χ2v) is 11.6. The van der Waals surface area contributed by atoms with Crippen molar-refractivity contribution >= 4 is 43.1 Å². The van der Waals surface area contributed by atoms with Crippen molar-refractivity contribution in [3.8, 4) is 44.9 Å². The lowest BCUT2D eigenvalue weighted by atomic mass is 9.86. The first-order valence-electron chi connectivity index (χ1n) is 15.4. The van der Waals surface area contributed by atoms with Crippen LogP contribution in [-0.4, -0.2) is 0 Å². The molecule has 0 radical (unpaired) electrons. The van der Waals surface area contributed by atoms with Gasteiger partial charge in [0.1, 0.15) is 11.5 Å². The second kappa shape index (κ2) is 10.4. The van der Waals surface area contributed by atoms with Crippen molar-refractivity contribution in [2.45, 2.75) is 0 Å². The molecule has 0 unspecified atom stereocenters.